The lowest BCUT2D eigenvalue weighted by molar-refractivity contribution is 0.275. The minimum atomic E-state index is -0.129. The molecular weight excluding hydrogens is 274 g/mol. The van der Waals surface area contributed by atoms with Crippen LogP contribution in [0.1, 0.15) is 48.9 Å². The predicted octanol–water partition coefficient (Wildman–Crippen LogP) is 2.31. The Kier molecular flexibility index (Phi) is 4.16. The number of nitrogens with two attached hydrogens (primary N) is 1. The first-order valence-corrected chi connectivity index (χ1v) is 8.07. The van der Waals surface area contributed by atoms with Crippen LogP contribution in [0.5, 0.6) is 0 Å². The van der Waals surface area contributed by atoms with E-state index < -0.39 is 0 Å². The average molecular weight is 299 g/mol. The fraction of sp³-hybridized carbons (Fsp3) is 0.529. The standard InChI is InChI=1S/C17H25N5/c1-4-5-15-20-16(18)21-17(22(15)3)19-14-9-8-12-7-6-11(2)10-13(12)14/h6-7,10,14,17,19H,4-5,8-9H2,1-3H3,(H2,18,21)/t14-,17?/m1/s1. The van der Waals surface area contributed by atoms with Gasteiger partial charge in [0.2, 0.25) is 5.96 Å². The molecule has 0 amide bonds. The summed E-state index contributed by atoms with van der Waals surface area (Å²) in [5.41, 5.74) is 10.1. The lowest BCUT2D eigenvalue weighted by Crippen LogP contribution is -2.50. The van der Waals surface area contributed by atoms with Gasteiger partial charge in [0.25, 0.3) is 0 Å². The molecule has 118 valence electrons. The molecule has 2 atom stereocenters. The van der Waals surface area contributed by atoms with Gasteiger partial charge in [0.05, 0.1) is 0 Å². The first-order chi connectivity index (χ1) is 10.6. The molecule has 1 unspecified atom stereocenters. The van der Waals surface area contributed by atoms with Crippen LogP contribution < -0.4 is 11.1 Å². The first kappa shape index (κ1) is 15.0. The van der Waals surface area contributed by atoms with Crippen molar-refractivity contribution in [3.05, 3.63) is 34.9 Å². The minimum absolute atomic E-state index is 0.129. The van der Waals surface area contributed by atoms with Crippen LogP contribution in [0, 0.1) is 6.92 Å². The summed E-state index contributed by atoms with van der Waals surface area (Å²) in [6.45, 7) is 4.29. The molecule has 0 aromatic heterocycles. The molecule has 1 aromatic rings. The van der Waals surface area contributed by atoms with Crippen molar-refractivity contribution in [1.29, 1.82) is 0 Å². The lowest BCUT2D eigenvalue weighted by atomic mass is 10.1. The van der Waals surface area contributed by atoms with Crippen LogP contribution in [0.3, 0.4) is 0 Å². The highest BCUT2D eigenvalue weighted by Crippen LogP contribution is 2.32. The maximum absolute atomic E-state index is 5.90. The fourth-order valence-corrected chi connectivity index (χ4v) is 3.27. The van der Waals surface area contributed by atoms with E-state index in [2.05, 4.69) is 52.2 Å². The van der Waals surface area contributed by atoms with Crippen LogP contribution in [-0.2, 0) is 6.42 Å². The quantitative estimate of drug-likeness (QED) is 0.896. The molecule has 1 aliphatic carbocycles. The minimum Gasteiger partial charge on any atom is -0.368 e. The number of guanidine groups is 1. The second kappa shape index (κ2) is 6.08. The van der Waals surface area contributed by atoms with Crippen LogP contribution in [-0.4, -0.2) is 30.0 Å². The Morgan fingerprint density at radius 3 is 3.00 bits per heavy atom. The predicted molar refractivity (Wildman–Crippen MR) is 90.9 cm³/mol. The van der Waals surface area contributed by atoms with Crippen LogP contribution in [0.15, 0.2) is 28.2 Å². The maximum Gasteiger partial charge on any atom is 0.220 e. The first-order valence-electron chi connectivity index (χ1n) is 8.07. The van der Waals surface area contributed by atoms with Gasteiger partial charge in [-0.1, -0.05) is 30.7 Å². The summed E-state index contributed by atoms with van der Waals surface area (Å²) in [6, 6.07) is 7.06. The highest BCUT2D eigenvalue weighted by Gasteiger charge is 2.28. The molecule has 5 nitrogen and oxygen atoms in total. The average Bonchev–Trinajstić information content (AvgIpc) is 2.86. The summed E-state index contributed by atoms with van der Waals surface area (Å²) in [4.78, 5) is 10.9. The summed E-state index contributed by atoms with van der Waals surface area (Å²) in [5, 5.41) is 3.65. The van der Waals surface area contributed by atoms with E-state index in [4.69, 9.17) is 5.73 Å². The molecule has 5 heteroatoms. The molecule has 0 radical (unpaired) electrons. The Morgan fingerprint density at radius 2 is 2.23 bits per heavy atom. The van der Waals surface area contributed by atoms with Gasteiger partial charge in [0, 0.05) is 19.5 Å². The zero-order chi connectivity index (χ0) is 15.7. The number of benzene rings is 1. The van der Waals surface area contributed by atoms with E-state index >= 15 is 0 Å². The van der Waals surface area contributed by atoms with E-state index in [0.29, 0.717) is 12.0 Å². The van der Waals surface area contributed by atoms with Crippen LogP contribution in [0.25, 0.3) is 0 Å². The molecule has 22 heavy (non-hydrogen) atoms. The normalized spacial score (nSPS) is 24.0. The molecule has 3 rings (SSSR count). The highest BCUT2D eigenvalue weighted by molar-refractivity contribution is 5.97. The lowest BCUT2D eigenvalue weighted by Gasteiger charge is -2.33. The summed E-state index contributed by atoms with van der Waals surface area (Å²) in [5.74, 6) is 1.39. The summed E-state index contributed by atoms with van der Waals surface area (Å²) in [7, 11) is 2.04. The molecule has 0 spiro atoms. The van der Waals surface area contributed by atoms with Crippen molar-refractivity contribution in [3.63, 3.8) is 0 Å². The molecule has 2 aliphatic rings. The number of aliphatic imine (C=N–C) groups is 2. The van der Waals surface area contributed by atoms with Gasteiger partial charge in [-0.2, -0.15) is 0 Å². The second-order valence-corrected chi connectivity index (χ2v) is 6.21. The Balaban J connectivity index is 1.78. The number of hydrogen-bond donors (Lipinski definition) is 2. The highest BCUT2D eigenvalue weighted by atomic mass is 15.4. The van der Waals surface area contributed by atoms with Gasteiger partial charge in [-0.3, -0.25) is 5.32 Å². The summed E-state index contributed by atoms with van der Waals surface area (Å²) in [6.07, 6.45) is 4.08. The van der Waals surface area contributed by atoms with Gasteiger partial charge in [0.15, 0.2) is 6.29 Å². The number of rotatable bonds is 4. The molecular formula is C17H25N5. The van der Waals surface area contributed by atoms with Crippen LogP contribution >= 0.6 is 0 Å². The molecule has 3 N–H and O–H groups in total. The number of nitrogens with one attached hydrogen (secondary N) is 1. The van der Waals surface area contributed by atoms with Crippen molar-refractivity contribution in [1.82, 2.24) is 10.2 Å². The van der Waals surface area contributed by atoms with Gasteiger partial charge >= 0.3 is 0 Å². The van der Waals surface area contributed by atoms with E-state index in [-0.39, 0.29) is 6.29 Å². The van der Waals surface area contributed by atoms with E-state index in [0.717, 1.165) is 31.5 Å². The van der Waals surface area contributed by atoms with Gasteiger partial charge < -0.3 is 10.6 Å². The largest absolute Gasteiger partial charge is 0.368 e. The van der Waals surface area contributed by atoms with Crippen molar-refractivity contribution in [2.24, 2.45) is 15.7 Å². The van der Waals surface area contributed by atoms with Crippen molar-refractivity contribution >= 4 is 11.8 Å². The third kappa shape index (κ3) is 2.86. The fourth-order valence-electron chi connectivity index (χ4n) is 3.27. The van der Waals surface area contributed by atoms with Crippen LogP contribution in [0.2, 0.25) is 0 Å². The number of nitrogens with zero attached hydrogens (tertiary/aromatic N) is 3. The topological polar surface area (TPSA) is 66.0 Å². The number of hydrogen-bond acceptors (Lipinski definition) is 5. The Morgan fingerprint density at radius 1 is 1.41 bits per heavy atom. The number of fused-ring (bicyclic) bond motifs is 1. The van der Waals surface area contributed by atoms with E-state index in [1.807, 2.05) is 7.05 Å². The van der Waals surface area contributed by atoms with Gasteiger partial charge in [-0.25, -0.2) is 9.98 Å². The zero-order valence-corrected chi connectivity index (χ0v) is 13.6. The zero-order valence-electron chi connectivity index (χ0n) is 13.6. The maximum atomic E-state index is 5.90. The van der Waals surface area contributed by atoms with Crippen molar-refractivity contribution in [2.75, 3.05) is 7.05 Å². The van der Waals surface area contributed by atoms with Crippen molar-refractivity contribution < 1.29 is 0 Å². The number of aryl methyl sites for hydroxylation is 2. The van der Waals surface area contributed by atoms with Crippen molar-refractivity contribution in [2.45, 2.75) is 51.9 Å². The third-order valence-electron chi connectivity index (χ3n) is 4.48. The third-order valence-corrected chi connectivity index (χ3v) is 4.48. The van der Waals surface area contributed by atoms with E-state index in [1.165, 1.54) is 16.7 Å². The summed E-state index contributed by atoms with van der Waals surface area (Å²) >= 11 is 0. The Labute approximate surface area is 132 Å². The van der Waals surface area contributed by atoms with Crippen LogP contribution in [0.4, 0.5) is 0 Å². The van der Waals surface area contributed by atoms with E-state index in [1.54, 1.807) is 0 Å². The number of amidine groups is 1. The summed E-state index contributed by atoms with van der Waals surface area (Å²) < 4.78 is 0. The molecule has 1 heterocycles. The molecule has 1 aromatic carbocycles. The molecule has 1 aliphatic heterocycles. The Bertz CT molecular complexity index is 619. The van der Waals surface area contributed by atoms with E-state index in [9.17, 15) is 0 Å². The van der Waals surface area contributed by atoms with Gasteiger partial charge in [-0.05, 0) is 37.3 Å². The molecule has 0 saturated carbocycles. The second-order valence-electron chi connectivity index (χ2n) is 6.21. The smallest absolute Gasteiger partial charge is 0.220 e. The SMILES string of the molecule is CCCC1=NC(N)=NC(N[C@@H]2CCc3ccc(C)cc32)N1C. The monoisotopic (exact) mass is 299 g/mol. The molecule has 0 bridgehead atoms. The molecule has 0 saturated heterocycles. The van der Waals surface area contributed by atoms with Crippen molar-refractivity contribution in [3.8, 4) is 0 Å². The Hall–Kier alpha value is -1.88. The van der Waals surface area contributed by atoms with Gasteiger partial charge in [-0.15, -0.1) is 0 Å². The van der Waals surface area contributed by atoms with Gasteiger partial charge in [0.1, 0.15) is 5.84 Å². The molecule has 0 fully saturated rings.